The van der Waals surface area contributed by atoms with E-state index in [4.69, 9.17) is 16.3 Å². The van der Waals surface area contributed by atoms with E-state index < -0.39 is 23.0 Å². The van der Waals surface area contributed by atoms with E-state index in [1.807, 2.05) is 60.7 Å². The van der Waals surface area contributed by atoms with Gasteiger partial charge in [0.2, 0.25) is 0 Å². The topological polar surface area (TPSA) is 116 Å². The normalized spacial score (nSPS) is 10.6. The molecule has 0 radical (unpaired) electrons. The predicted octanol–water partition coefficient (Wildman–Crippen LogP) is 4.87. The quantitative estimate of drug-likeness (QED) is 0.181. The van der Waals surface area contributed by atoms with Crippen molar-refractivity contribution in [1.29, 1.82) is 0 Å². The zero-order valence-corrected chi connectivity index (χ0v) is 20.4. The highest BCUT2D eigenvalue weighted by Gasteiger charge is 2.21. The fourth-order valence-corrected chi connectivity index (χ4v) is 4.03. The number of rotatable bonds is 10. The fourth-order valence-electron chi connectivity index (χ4n) is 3.73. The molecule has 0 atom stereocenters. The van der Waals surface area contributed by atoms with E-state index in [0.717, 1.165) is 15.7 Å². The minimum absolute atomic E-state index is 0.0293. The molecule has 0 unspecified atom stereocenters. The van der Waals surface area contributed by atoms with Crippen LogP contribution in [0.2, 0.25) is 5.15 Å². The number of nitro groups is 1. The summed E-state index contributed by atoms with van der Waals surface area (Å²) in [5.41, 5.74) is 1.42. The highest BCUT2D eigenvalue weighted by atomic mass is 35.5. The molecule has 4 aromatic rings. The number of aromatic nitrogens is 2. The van der Waals surface area contributed by atoms with E-state index in [-0.39, 0.29) is 34.5 Å². The standard InChI is InChI=1S/C27H23ClN4O5/c28-25-24(21-12-7-13-22(16-21)32(35)36)31(17-23(33)37-18-20-10-5-2-6-11-20)27(34)26(30-25)29-15-14-19-8-3-1-4-9-19/h1-13,16H,14-15,17-18H2,(H,29,30). The Hall–Kier alpha value is -4.50. The second-order valence-corrected chi connectivity index (χ2v) is 8.47. The Balaban J connectivity index is 1.65. The van der Waals surface area contributed by atoms with Crippen molar-refractivity contribution in [3.8, 4) is 11.3 Å². The lowest BCUT2D eigenvalue weighted by Crippen LogP contribution is -2.30. The monoisotopic (exact) mass is 518 g/mol. The Morgan fingerprint density at radius 3 is 2.35 bits per heavy atom. The van der Waals surface area contributed by atoms with Crippen molar-refractivity contribution in [2.24, 2.45) is 0 Å². The molecule has 0 saturated heterocycles. The first-order chi connectivity index (χ1) is 17.9. The van der Waals surface area contributed by atoms with Crippen molar-refractivity contribution in [2.45, 2.75) is 19.6 Å². The van der Waals surface area contributed by atoms with Crippen LogP contribution >= 0.6 is 11.6 Å². The SMILES string of the molecule is O=C(Cn1c(-c2cccc([N+](=O)[O-])c2)c(Cl)nc(NCCc2ccccc2)c1=O)OCc1ccccc1. The van der Waals surface area contributed by atoms with Gasteiger partial charge in [0.15, 0.2) is 11.0 Å². The van der Waals surface area contributed by atoms with Crippen LogP contribution < -0.4 is 10.9 Å². The van der Waals surface area contributed by atoms with E-state index >= 15 is 0 Å². The number of halogens is 1. The minimum Gasteiger partial charge on any atom is -0.459 e. The van der Waals surface area contributed by atoms with E-state index in [9.17, 15) is 19.7 Å². The number of carbonyl (C=O) groups excluding carboxylic acids is 1. The van der Waals surface area contributed by atoms with Crippen LogP contribution in [-0.4, -0.2) is 27.0 Å². The van der Waals surface area contributed by atoms with Crippen LogP contribution in [0.3, 0.4) is 0 Å². The van der Waals surface area contributed by atoms with Gasteiger partial charge in [-0.25, -0.2) is 4.98 Å². The highest BCUT2D eigenvalue weighted by molar-refractivity contribution is 6.32. The van der Waals surface area contributed by atoms with Crippen molar-refractivity contribution in [1.82, 2.24) is 9.55 Å². The first-order valence-electron chi connectivity index (χ1n) is 11.4. The summed E-state index contributed by atoms with van der Waals surface area (Å²) in [4.78, 5) is 41.1. The molecule has 0 saturated carbocycles. The maximum Gasteiger partial charge on any atom is 0.326 e. The molecule has 0 fully saturated rings. The molecule has 0 aliphatic heterocycles. The number of nitro benzene ring substituents is 1. The predicted molar refractivity (Wildman–Crippen MR) is 140 cm³/mol. The summed E-state index contributed by atoms with van der Waals surface area (Å²) in [6, 6.07) is 24.4. The fraction of sp³-hybridized carbons (Fsp3) is 0.148. The van der Waals surface area contributed by atoms with Crippen LogP contribution in [0, 0.1) is 10.1 Å². The van der Waals surface area contributed by atoms with Gasteiger partial charge in [-0.2, -0.15) is 0 Å². The van der Waals surface area contributed by atoms with E-state index in [2.05, 4.69) is 10.3 Å². The Morgan fingerprint density at radius 1 is 1.00 bits per heavy atom. The second-order valence-electron chi connectivity index (χ2n) is 8.11. The molecule has 0 bridgehead atoms. The zero-order chi connectivity index (χ0) is 26.2. The molecule has 9 nitrogen and oxygen atoms in total. The smallest absolute Gasteiger partial charge is 0.326 e. The van der Waals surface area contributed by atoms with Crippen LogP contribution in [0.4, 0.5) is 11.5 Å². The largest absolute Gasteiger partial charge is 0.459 e. The average molecular weight is 519 g/mol. The van der Waals surface area contributed by atoms with Gasteiger partial charge in [0.25, 0.3) is 11.2 Å². The molecule has 0 amide bonds. The van der Waals surface area contributed by atoms with Gasteiger partial charge in [0.05, 0.1) is 10.6 Å². The molecule has 188 valence electrons. The van der Waals surface area contributed by atoms with Crippen LogP contribution in [-0.2, 0) is 29.1 Å². The van der Waals surface area contributed by atoms with E-state index in [0.29, 0.717) is 13.0 Å². The third-order valence-corrected chi connectivity index (χ3v) is 5.80. The van der Waals surface area contributed by atoms with Gasteiger partial charge in [-0.3, -0.25) is 24.3 Å². The van der Waals surface area contributed by atoms with Gasteiger partial charge in [0.1, 0.15) is 13.2 Å². The number of non-ortho nitro benzene ring substituents is 1. The molecular formula is C27H23ClN4O5. The van der Waals surface area contributed by atoms with Gasteiger partial charge >= 0.3 is 5.97 Å². The van der Waals surface area contributed by atoms with Crippen molar-refractivity contribution < 1.29 is 14.5 Å². The van der Waals surface area contributed by atoms with Gasteiger partial charge in [0, 0.05) is 24.2 Å². The van der Waals surface area contributed by atoms with E-state index in [1.165, 1.54) is 18.2 Å². The lowest BCUT2D eigenvalue weighted by atomic mass is 10.1. The zero-order valence-electron chi connectivity index (χ0n) is 19.7. The molecule has 3 aromatic carbocycles. The Morgan fingerprint density at radius 2 is 1.68 bits per heavy atom. The number of hydrogen-bond donors (Lipinski definition) is 1. The third kappa shape index (κ3) is 6.59. The van der Waals surface area contributed by atoms with Crippen molar-refractivity contribution in [2.75, 3.05) is 11.9 Å². The summed E-state index contributed by atoms with van der Waals surface area (Å²) in [5, 5.41) is 14.2. The summed E-state index contributed by atoms with van der Waals surface area (Å²) in [7, 11) is 0. The number of benzene rings is 3. The van der Waals surface area contributed by atoms with Crippen LogP contribution in [0.1, 0.15) is 11.1 Å². The summed E-state index contributed by atoms with van der Waals surface area (Å²) in [6.07, 6.45) is 0.630. The molecule has 1 heterocycles. The van der Waals surface area contributed by atoms with Crippen molar-refractivity contribution >= 4 is 29.1 Å². The average Bonchev–Trinajstić information content (AvgIpc) is 2.91. The summed E-state index contributed by atoms with van der Waals surface area (Å²) in [6.45, 7) is -0.0297. The first kappa shape index (κ1) is 25.6. The number of ether oxygens (including phenoxy) is 1. The molecule has 0 aliphatic carbocycles. The Labute approximate surface area is 217 Å². The number of hydrogen-bond acceptors (Lipinski definition) is 7. The third-order valence-electron chi connectivity index (χ3n) is 5.53. The van der Waals surface area contributed by atoms with Crippen molar-refractivity contribution in [3.05, 3.63) is 122 Å². The molecule has 10 heteroatoms. The Bertz CT molecular complexity index is 1460. The first-order valence-corrected chi connectivity index (χ1v) is 11.8. The lowest BCUT2D eigenvalue weighted by molar-refractivity contribution is -0.384. The minimum atomic E-state index is -0.671. The maximum absolute atomic E-state index is 13.4. The van der Waals surface area contributed by atoms with Crippen LogP contribution in [0.15, 0.2) is 89.7 Å². The van der Waals surface area contributed by atoms with Crippen molar-refractivity contribution in [3.63, 3.8) is 0 Å². The van der Waals surface area contributed by atoms with Crippen LogP contribution in [0.5, 0.6) is 0 Å². The lowest BCUT2D eigenvalue weighted by Gasteiger charge is -2.16. The Kier molecular flexibility index (Phi) is 8.27. The van der Waals surface area contributed by atoms with E-state index in [1.54, 1.807) is 6.07 Å². The number of nitrogens with zero attached hydrogens (tertiary/aromatic N) is 3. The van der Waals surface area contributed by atoms with Gasteiger partial charge < -0.3 is 10.1 Å². The van der Waals surface area contributed by atoms with Gasteiger partial charge in [-0.05, 0) is 17.5 Å². The number of anilines is 1. The van der Waals surface area contributed by atoms with Crippen LogP contribution in [0.25, 0.3) is 11.3 Å². The highest BCUT2D eigenvalue weighted by Crippen LogP contribution is 2.29. The molecule has 1 N–H and O–H groups in total. The number of carbonyl (C=O) groups is 1. The second kappa shape index (κ2) is 12.0. The maximum atomic E-state index is 13.4. The molecule has 37 heavy (non-hydrogen) atoms. The number of esters is 1. The summed E-state index contributed by atoms with van der Waals surface area (Å²) >= 11 is 6.49. The molecular weight excluding hydrogens is 496 g/mol. The summed E-state index contributed by atoms with van der Waals surface area (Å²) < 4.78 is 6.50. The summed E-state index contributed by atoms with van der Waals surface area (Å²) in [5.74, 6) is -0.707. The molecule has 0 spiro atoms. The number of nitrogens with one attached hydrogen (secondary N) is 1. The van der Waals surface area contributed by atoms with Gasteiger partial charge in [-0.1, -0.05) is 84.4 Å². The molecule has 0 aliphatic rings. The molecule has 4 rings (SSSR count). The molecule has 1 aromatic heterocycles. The van der Waals surface area contributed by atoms with Gasteiger partial charge in [-0.15, -0.1) is 0 Å².